The topological polar surface area (TPSA) is 55.4 Å². The summed E-state index contributed by atoms with van der Waals surface area (Å²) < 4.78 is 6.23. The van der Waals surface area contributed by atoms with Gasteiger partial charge in [-0.1, -0.05) is 48.5 Å². The van der Waals surface area contributed by atoms with Crippen molar-refractivity contribution in [3.8, 4) is 0 Å². The number of carbonyl (C=O) groups excluding carboxylic acids is 2. The van der Waals surface area contributed by atoms with Gasteiger partial charge in [0.25, 0.3) is 5.91 Å². The summed E-state index contributed by atoms with van der Waals surface area (Å²) in [6.45, 7) is 0. The average molecular weight is 321 g/mol. The Morgan fingerprint density at radius 3 is 2.62 bits per heavy atom. The third kappa shape index (κ3) is 2.53. The number of hydrogen-bond donors (Lipinski definition) is 1. The van der Waals surface area contributed by atoms with Gasteiger partial charge in [-0.15, -0.1) is 0 Å². The molecule has 1 fully saturated rings. The largest absolute Gasteiger partial charge is 0.356 e. The van der Waals surface area contributed by atoms with E-state index in [0.717, 1.165) is 24.1 Å². The molecular weight excluding hydrogens is 302 g/mol. The second kappa shape index (κ2) is 5.87. The molecule has 0 aliphatic carbocycles. The van der Waals surface area contributed by atoms with Crippen LogP contribution in [0.1, 0.15) is 30.4 Å². The maximum atomic E-state index is 12.6. The SMILES string of the molecule is O=C1C[C@H](CCc2ccccc2)O[C@]2(C1)C(=O)Nc1ccccc12. The molecule has 0 saturated carbocycles. The zero-order valence-corrected chi connectivity index (χ0v) is 13.3. The van der Waals surface area contributed by atoms with Gasteiger partial charge in [-0.25, -0.2) is 0 Å². The Kier molecular flexibility index (Phi) is 3.69. The second-order valence-corrected chi connectivity index (χ2v) is 6.51. The summed E-state index contributed by atoms with van der Waals surface area (Å²) in [4.78, 5) is 24.9. The number of Topliss-reactive ketones (excluding diaryl/α,β-unsaturated/α-hetero) is 1. The van der Waals surface area contributed by atoms with E-state index in [0.29, 0.717) is 6.42 Å². The Morgan fingerprint density at radius 2 is 1.79 bits per heavy atom. The number of fused-ring (bicyclic) bond motifs is 2. The molecule has 0 radical (unpaired) electrons. The van der Waals surface area contributed by atoms with E-state index in [4.69, 9.17) is 4.74 Å². The molecule has 24 heavy (non-hydrogen) atoms. The highest BCUT2D eigenvalue weighted by Gasteiger charge is 2.53. The van der Waals surface area contributed by atoms with Crippen LogP contribution in [0.5, 0.6) is 0 Å². The van der Waals surface area contributed by atoms with Crippen molar-refractivity contribution in [2.45, 2.75) is 37.4 Å². The van der Waals surface area contributed by atoms with Gasteiger partial charge in [-0.05, 0) is 24.5 Å². The van der Waals surface area contributed by atoms with Crippen LogP contribution in [0.3, 0.4) is 0 Å². The van der Waals surface area contributed by atoms with Crippen molar-refractivity contribution in [3.05, 3.63) is 65.7 Å². The monoisotopic (exact) mass is 321 g/mol. The van der Waals surface area contributed by atoms with Crippen molar-refractivity contribution in [2.75, 3.05) is 5.32 Å². The van der Waals surface area contributed by atoms with E-state index in [1.165, 1.54) is 5.56 Å². The van der Waals surface area contributed by atoms with Crippen molar-refractivity contribution in [3.63, 3.8) is 0 Å². The number of hydrogen-bond acceptors (Lipinski definition) is 3. The lowest BCUT2D eigenvalue weighted by molar-refractivity contribution is -0.170. The average Bonchev–Trinajstić information content (AvgIpc) is 2.85. The van der Waals surface area contributed by atoms with Crippen LogP contribution in [0, 0.1) is 0 Å². The van der Waals surface area contributed by atoms with Crippen LogP contribution < -0.4 is 5.32 Å². The number of para-hydroxylation sites is 1. The van der Waals surface area contributed by atoms with Crippen LogP contribution in [0.2, 0.25) is 0 Å². The molecule has 4 heteroatoms. The molecule has 0 bridgehead atoms. The van der Waals surface area contributed by atoms with E-state index in [1.807, 2.05) is 42.5 Å². The van der Waals surface area contributed by atoms with Crippen LogP contribution in [0.15, 0.2) is 54.6 Å². The molecule has 0 aromatic heterocycles. The lowest BCUT2D eigenvalue weighted by Crippen LogP contribution is -2.47. The molecule has 1 N–H and O–H groups in total. The van der Waals surface area contributed by atoms with Crippen LogP contribution >= 0.6 is 0 Å². The summed E-state index contributed by atoms with van der Waals surface area (Å²) in [6.07, 6.45) is 1.83. The lowest BCUT2D eigenvalue weighted by atomic mass is 9.84. The van der Waals surface area contributed by atoms with Gasteiger partial charge in [-0.3, -0.25) is 9.59 Å². The van der Waals surface area contributed by atoms with Gasteiger partial charge in [0.05, 0.1) is 6.10 Å². The fraction of sp³-hybridized carbons (Fsp3) is 0.300. The van der Waals surface area contributed by atoms with Crippen molar-refractivity contribution in [1.82, 2.24) is 0 Å². The smallest absolute Gasteiger partial charge is 0.261 e. The number of anilines is 1. The number of benzene rings is 2. The Balaban J connectivity index is 1.57. The van der Waals surface area contributed by atoms with Crippen LogP contribution in [0.4, 0.5) is 5.69 Å². The number of nitrogens with one attached hydrogen (secondary N) is 1. The van der Waals surface area contributed by atoms with Gasteiger partial charge in [0, 0.05) is 24.1 Å². The van der Waals surface area contributed by atoms with Crippen molar-refractivity contribution >= 4 is 17.4 Å². The van der Waals surface area contributed by atoms with Crippen LogP contribution in [-0.4, -0.2) is 17.8 Å². The lowest BCUT2D eigenvalue weighted by Gasteiger charge is -2.36. The minimum absolute atomic E-state index is 0.0890. The molecule has 122 valence electrons. The van der Waals surface area contributed by atoms with E-state index in [-0.39, 0.29) is 24.2 Å². The second-order valence-electron chi connectivity index (χ2n) is 6.51. The zero-order valence-electron chi connectivity index (χ0n) is 13.3. The number of carbonyl (C=O) groups is 2. The minimum atomic E-state index is -1.15. The van der Waals surface area contributed by atoms with E-state index in [1.54, 1.807) is 0 Å². The fourth-order valence-corrected chi connectivity index (χ4v) is 3.69. The Hall–Kier alpha value is -2.46. The van der Waals surface area contributed by atoms with Gasteiger partial charge >= 0.3 is 0 Å². The number of amides is 1. The van der Waals surface area contributed by atoms with E-state index >= 15 is 0 Å². The van der Waals surface area contributed by atoms with E-state index in [9.17, 15) is 9.59 Å². The Labute approximate surface area is 140 Å². The van der Waals surface area contributed by atoms with Gasteiger partial charge < -0.3 is 10.1 Å². The number of rotatable bonds is 3. The fourth-order valence-electron chi connectivity index (χ4n) is 3.69. The van der Waals surface area contributed by atoms with Crippen molar-refractivity contribution < 1.29 is 14.3 Å². The molecule has 0 unspecified atom stereocenters. The summed E-state index contributed by atoms with van der Waals surface area (Å²) in [5.74, 6) is -0.132. The molecular formula is C20H19NO3. The van der Waals surface area contributed by atoms with Gasteiger partial charge in [0.1, 0.15) is 5.78 Å². The molecule has 2 atom stereocenters. The standard InChI is InChI=1S/C20H19NO3/c22-15-12-16(11-10-14-6-2-1-3-7-14)24-20(13-15)17-8-4-5-9-18(17)21-19(20)23/h1-9,16H,10-13H2,(H,21,23)/t16-,20-/m0/s1. The van der Waals surface area contributed by atoms with Crippen LogP contribution in [0.25, 0.3) is 0 Å². The number of aryl methyl sites for hydroxylation is 1. The normalized spacial score (nSPS) is 25.6. The third-order valence-corrected chi connectivity index (χ3v) is 4.84. The number of ketones is 1. The predicted octanol–water partition coefficient (Wildman–Crippen LogP) is 3.21. The minimum Gasteiger partial charge on any atom is -0.356 e. The molecule has 2 aromatic rings. The molecule has 1 spiro atoms. The maximum absolute atomic E-state index is 12.6. The summed E-state index contributed by atoms with van der Waals surface area (Å²) in [5, 5.41) is 2.86. The first kappa shape index (κ1) is 15.1. The van der Waals surface area contributed by atoms with Crippen molar-refractivity contribution in [1.29, 1.82) is 0 Å². The van der Waals surface area contributed by atoms with E-state index < -0.39 is 5.60 Å². The molecule has 4 nitrogen and oxygen atoms in total. The molecule has 2 heterocycles. The first-order valence-corrected chi connectivity index (χ1v) is 8.32. The third-order valence-electron chi connectivity index (χ3n) is 4.84. The summed E-state index contributed by atoms with van der Waals surface area (Å²) in [6, 6.07) is 17.6. The van der Waals surface area contributed by atoms with Crippen molar-refractivity contribution in [2.24, 2.45) is 0 Å². The summed E-state index contributed by atoms with van der Waals surface area (Å²) in [7, 11) is 0. The Morgan fingerprint density at radius 1 is 1.04 bits per heavy atom. The number of ether oxygens (including phenoxy) is 1. The van der Waals surface area contributed by atoms with Gasteiger partial charge in [0.15, 0.2) is 5.60 Å². The molecule has 1 amide bonds. The molecule has 2 aromatic carbocycles. The Bertz CT molecular complexity index is 786. The van der Waals surface area contributed by atoms with E-state index in [2.05, 4.69) is 17.4 Å². The highest BCUT2D eigenvalue weighted by molar-refractivity contribution is 6.07. The highest BCUT2D eigenvalue weighted by atomic mass is 16.5. The zero-order chi connectivity index (χ0) is 16.6. The molecule has 2 aliphatic heterocycles. The highest BCUT2D eigenvalue weighted by Crippen LogP contribution is 2.45. The predicted molar refractivity (Wildman–Crippen MR) is 90.6 cm³/mol. The molecule has 1 saturated heterocycles. The van der Waals surface area contributed by atoms with Gasteiger partial charge in [0.2, 0.25) is 0 Å². The first-order chi connectivity index (χ1) is 11.7. The molecule has 2 aliphatic rings. The maximum Gasteiger partial charge on any atom is 0.261 e. The molecule has 4 rings (SSSR count). The summed E-state index contributed by atoms with van der Waals surface area (Å²) >= 11 is 0. The quantitative estimate of drug-likeness (QED) is 0.944. The van der Waals surface area contributed by atoms with Crippen LogP contribution in [-0.2, 0) is 26.3 Å². The van der Waals surface area contributed by atoms with Gasteiger partial charge in [-0.2, -0.15) is 0 Å². The summed E-state index contributed by atoms with van der Waals surface area (Å²) in [5.41, 5.74) is 1.60. The first-order valence-electron chi connectivity index (χ1n) is 8.32.